The van der Waals surface area contributed by atoms with E-state index in [4.69, 9.17) is 4.74 Å². The molecule has 2 heterocycles. The van der Waals surface area contributed by atoms with E-state index in [1.54, 1.807) is 17.1 Å². The Morgan fingerprint density at radius 3 is 2.52 bits per heavy atom. The highest BCUT2D eigenvalue weighted by atomic mass is 79.9. The van der Waals surface area contributed by atoms with Gasteiger partial charge in [-0.15, -0.1) is 5.10 Å². The van der Waals surface area contributed by atoms with Crippen LogP contribution in [0.3, 0.4) is 0 Å². The first-order valence-electron chi connectivity index (χ1n) is 6.53. The Hall–Kier alpha value is -2.14. The van der Waals surface area contributed by atoms with Crippen LogP contribution in [0.1, 0.15) is 5.56 Å². The van der Waals surface area contributed by atoms with E-state index in [0.29, 0.717) is 12.5 Å². The van der Waals surface area contributed by atoms with E-state index >= 15 is 0 Å². The van der Waals surface area contributed by atoms with Gasteiger partial charge in [-0.2, -0.15) is 0 Å². The summed E-state index contributed by atoms with van der Waals surface area (Å²) < 4.78 is 8.68. The summed E-state index contributed by atoms with van der Waals surface area (Å²) in [5.74, 6) is 0.631. The number of aryl methyl sites for hydroxylation is 1. The van der Waals surface area contributed by atoms with Crippen molar-refractivity contribution in [2.24, 2.45) is 7.05 Å². The zero-order valence-electron chi connectivity index (χ0n) is 11.5. The minimum atomic E-state index is 0.488. The molecule has 0 aliphatic carbocycles. The lowest BCUT2D eigenvalue weighted by molar-refractivity contribution is 0.292. The molecule has 0 spiro atoms. The van der Waals surface area contributed by atoms with Gasteiger partial charge >= 0.3 is 0 Å². The van der Waals surface area contributed by atoms with Gasteiger partial charge in [0.1, 0.15) is 6.61 Å². The second-order valence-corrected chi connectivity index (χ2v) is 5.59. The molecule has 0 saturated carbocycles. The minimum Gasteiger partial charge on any atom is -0.471 e. The molecule has 0 saturated heterocycles. The quantitative estimate of drug-likeness (QED) is 0.722. The summed E-state index contributed by atoms with van der Waals surface area (Å²) in [4.78, 5) is 4.04. The van der Waals surface area contributed by atoms with Gasteiger partial charge in [-0.3, -0.25) is 9.67 Å². The Morgan fingerprint density at radius 1 is 1.10 bits per heavy atom. The van der Waals surface area contributed by atoms with Crippen LogP contribution >= 0.6 is 15.9 Å². The lowest BCUT2D eigenvalue weighted by Gasteiger charge is -2.06. The first-order chi connectivity index (χ1) is 10.2. The van der Waals surface area contributed by atoms with Gasteiger partial charge in [-0.1, -0.05) is 28.1 Å². The Bertz CT molecular complexity index is 723. The van der Waals surface area contributed by atoms with Gasteiger partial charge in [0.15, 0.2) is 0 Å². The standard InChI is InChI=1S/C16H14BrN3O/c1-20-10-15(13-6-8-18-9-7-13)16(19-20)21-11-12-2-4-14(17)5-3-12/h2-10H,11H2,1H3. The van der Waals surface area contributed by atoms with Crippen molar-refractivity contribution in [3.63, 3.8) is 0 Å². The molecule has 0 amide bonds. The molecule has 3 aromatic rings. The van der Waals surface area contributed by atoms with E-state index < -0.39 is 0 Å². The summed E-state index contributed by atoms with van der Waals surface area (Å²) in [6.45, 7) is 0.488. The van der Waals surface area contributed by atoms with Gasteiger partial charge in [0.05, 0.1) is 5.56 Å². The minimum absolute atomic E-state index is 0.488. The van der Waals surface area contributed by atoms with Crippen molar-refractivity contribution in [3.05, 3.63) is 65.0 Å². The number of halogens is 1. The maximum Gasteiger partial charge on any atom is 0.241 e. The van der Waals surface area contributed by atoms with Crippen LogP contribution in [0.15, 0.2) is 59.5 Å². The van der Waals surface area contributed by atoms with Crippen LogP contribution in [-0.2, 0) is 13.7 Å². The number of ether oxygens (including phenoxy) is 1. The predicted molar refractivity (Wildman–Crippen MR) is 84.9 cm³/mol. The molecule has 0 bridgehead atoms. The fraction of sp³-hybridized carbons (Fsp3) is 0.125. The summed E-state index contributed by atoms with van der Waals surface area (Å²) in [5.41, 5.74) is 3.12. The molecule has 21 heavy (non-hydrogen) atoms. The number of benzene rings is 1. The zero-order chi connectivity index (χ0) is 14.7. The van der Waals surface area contributed by atoms with Gasteiger partial charge in [-0.25, -0.2) is 0 Å². The average Bonchev–Trinajstić information content (AvgIpc) is 2.89. The van der Waals surface area contributed by atoms with Gasteiger partial charge in [0.25, 0.3) is 0 Å². The third-order valence-electron chi connectivity index (χ3n) is 3.08. The SMILES string of the molecule is Cn1cc(-c2ccncc2)c(OCc2ccc(Br)cc2)n1. The molecule has 2 aromatic heterocycles. The highest BCUT2D eigenvalue weighted by molar-refractivity contribution is 9.10. The van der Waals surface area contributed by atoms with Crippen molar-refractivity contribution in [2.75, 3.05) is 0 Å². The van der Waals surface area contributed by atoms with E-state index in [1.807, 2.05) is 49.6 Å². The van der Waals surface area contributed by atoms with Crippen molar-refractivity contribution >= 4 is 15.9 Å². The summed E-state index contributed by atoms with van der Waals surface area (Å²) in [7, 11) is 1.89. The normalized spacial score (nSPS) is 10.6. The van der Waals surface area contributed by atoms with E-state index in [0.717, 1.165) is 21.2 Å². The molecule has 0 fully saturated rings. The van der Waals surface area contributed by atoms with Crippen molar-refractivity contribution in [2.45, 2.75) is 6.61 Å². The molecular formula is C16H14BrN3O. The van der Waals surface area contributed by atoms with E-state index in [9.17, 15) is 0 Å². The first-order valence-corrected chi connectivity index (χ1v) is 7.33. The lowest BCUT2D eigenvalue weighted by Crippen LogP contribution is -1.97. The molecule has 0 N–H and O–H groups in total. The maximum atomic E-state index is 5.87. The first kappa shape index (κ1) is 13.8. The van der Waals surface area contributed by atoms with E-state index in [-0.39, 0.29) is 0 Å². The molecule has 106 valence electrons. The second-order valence-electron chi connectivity index (χ2n) is 4.67. The Balaban J connectivity index is 1.81. The van der Waals surface area contributed by atoms with Crippen LogP contribution in [-0.4, -0.2) is 14.8 Å². The van der Waals surface area contributed by atoms with Gasteiger partial charge in [-0.05, 0) is 35.4 Å². The van der Waals surface area contributed by atoms with Crippen molar-refractivity contribution in [3.8, 4) is 17.0 Å². The molecule has 3 rings (SSSR count). The number of rotatable bonds is 4. The van der Waals surface area contributed by atoms with Crippen LogP contribution < -0.4 is 4.74 Å². The summed E-state index contributed by atoms with van der Waals surface area (Å²) >= 11 is 3.42. The largest absolute Gasteiger partial charge is 0.471 e. The van der Waals surface area contributed by atoms with Gasteiger partial charge in [0, 0.05) is 30.1 Å². The average molecular weight is 344 g/mol. The van der Waals surface area contributed by atoms with Crippen LogP contribution in [0.5, 0.6) is 5.88 Å². The predicted octanol–water partition coefficient (Wildman–Crippen LogP) is 3.82. The molecule has 5 heteroatoms. The Morgan fingerprint density at radius 2 is 1.81 bits per heavy atom. The third-order valence-corrected chi connectivity index (χ3v) is 3.60. The van der Waals surface area contributed by atoms with Crippen LogP contribution in [0.25, 0.3) is 11.1 Å². The fourth-order valence-electron chi connectivity index (χ4n) is 2.04. The molecule has 0 radical (unpaired) electrons. The molecular weight excluding hydrogens is 330 g/mol. The van der Waals surface area contributed by atoms with Crippen molar-refractivity contribution in [1.29, 1.82) is 0 Å². The number of pyridine rings is 1. The van der Waals surface area contributed by atoms with Crippen molar-refractivity contribution in [1.82, 2.24) is 14.8 Å². The molecule has 0 atom stereocenters. The summed E-state index contributed by atoms with van der Waals surface area (Å²) in [6, 6.07) is 12.0. The lowest BCUT2D eigenvalue weighted by atomic mass is 10.1. The monoisotopic (exact) mass is 343 g/mol. The van der Waals surface area contributed by atoms with E-state index in [2.05, 4.69) is 26.0 Å². The van der Waals surface area contributed by atoms with Crippen LogP contribution in [0, 0.1) is 0 Å². The van der Waals surface area contributed by atoms with Crippen LogP contribution in [0.4, 0.5) is 0 Å². The van der Waals surface area contributed by atoms with Crippen LogP contribution in [0.2, 0.25) is 0 Å². The summed E-state index contributed by atoms with van der Waals surface area (Å²) in [6.07, 6.45) is 5.48. The highest BCUT2D eigenvalue weighted by Crippen LogP contribution is 2.28. The Kier molecular flexibility index (Phi) is 4.01. The zero-order valence-corrected chi connectivity index (χ0v) is 13.1. The molecule has 0 unspecified atom stereocenters. The third kappa shape index (κ3) is 3.31. The fourth-order valence-corrected chi connectivity index (χ4v) is 2.30. The van der Waals surface area contributed by atoms with E-state index in [1.165, 1.54) is 0 Å². The number of hydrogen-bond acceptors (Lipinski definition) is 3. The maximum absolute atomic E-state index is 5.87. The molecule has 0 aliphatic heterocycles. The molecule has 4 nitrogen and oxygen atoms in total. The number of aromatic nitrogens is 3. The van der Waals surface area contributed by atoms with Gasteiger partial charge in [0.2, 0.25) is 5.88 Å². The summed E-state index contributed by atoms with van der Waals surface area (Å²) in [5, 5.41) is 4.38. The van der Waals surface area contributed by atoms with Crippen molar-refractivity contribution < 1.29 is 4.74 Å². The second kappa shape index (κ2) is 6.10. The molecule has 1 aromatic carbocycles. The smallest absolute Gasteiger partial charge is 0.241 e. The number of hydrogen-bond donors (Lipinski definition) is 0. The Labute approximate surface area is 131 Å². The highest BCUT2D eigenvalue weighted by Gasteiger charge is 2.11. The topological polar surface area (TPSA) is 39.9 Å². The molecule has 0 aliphatic rings. The number of nitrogens with zero attached hydrogens (tertiary/aromatic N) is 3. The van der Waals surface area contributed by atoms with Gasteiger partial charge < -0.3 is 4.74 Å².